The highest BCUT2D eigenvalue weighted by Gasteiger charge is 2.08. The Labute approximate surface area is 131 Å². The fourth-order valence-electron chi connectivity index (χ4n) is 2.40. The van der Waals surface area contributed by atoms with Crippen molar-refractivity contribution in [1.82, 2.24) is 5.32 Å². The first-order valence-corrected chi connectivity index (χ1v) is 7.71. The number of aryl methyl sites for hydroxylation is 2. The van der Waals surface area contributed by atoms with Gasteiger partial charge in [0.1, 0.15) is 5.82 Å². The Hall–Kier alpha value is -2.16. The van der Waals surface area contributed by atoms with Crippen molar-refractivity contribution in [2.75, 3.05) is 0 Å². The number of nitrogens with one attached hydrogen (secondary N) is 1. The summed E-state index contributed by atoms with van der Waals surface area (Å²) in [6.07, 6.45) is 2.82. The minimum absolute atomic E-state index is 0.0184. The number of halogens is 1. The zero-order valence-electron chi connectivity index (χ0n) is 12.9. The first-order chi connectivity index (χ1) is 10.6. The van der Waals surface area contributed by atoms with E-state index in [2.05, 4.69) is 17.4 Å². The van der Waals surface area contributed by atoms with E-state index >= 15 is 0 Å². The van der Waals surface area contributed by atoms with Crippen molar-refractivity contribution < 1.29 is 9.18 Å². The van der Waals surface area contributed by atoms with Crippen molar-refractivity contribution in [3.63, 3.8) is 0 Å². The lowest BCUT2D eigenvalue weighted by molar-refractivity contribution is -0.121. The predicted molar refractivity (Wildman–Crippen MR) is 87.1 cm³/mol. The Balaban J connectivity index is 1.70. The number of hydrogen-bond acceptors (Lipinski definition) is 1. The van der Waals surface area contributed by atoms with Crippen molar-refractivity contribution in [3.8, 4) is 0 Å². The van der Waals surface area contributed by atoms with Gasteiger partial charge in [0.05, 0.1) is 0 Å². The van der Waals surface area contributed by atoms with E-state index in [1.807, 2.05) is 31.2 Å². The third-order valence-corrected chi connectivity index (χ3v) is 3.65. The maximum absolute atomic E-state index is 13.1. The van der Waals surface area contributed by atoms with E-state index in [4.69, 9.17) is 0 Å². The van der Waals surface area contributed by atoms with Crippen LogP contribution in [0.5, 0.6) is 0 Å². The first kappa shape index (κ1) is 16.2. The lowest BCUT2D eigenvalue weighted by Gasteiger charge is -2.14. The van der Waals surface area contributed by atoms with Gasteiger partial charge in [-0.05, 0) is 49.4 Å². The fraction of sp³-hybridized carbons (Fsp3) is 0.316. The third-order valence-electron chi connectivity index (χ3n) is 3.65. The van der Waals surface area contributed by atoms with Gasteiger partial charge in [0.2, 0.25) is 5.91 Å². The van der Waals surface area contributed by atoms with Crippen LogP contribution in [0.25, 0.3) is 0 Å². The molecule has 2 rings (SSSR count). The van der Waals surface area contributed by atoms with Crippen LogP contribution in [0, 0.1) is 5.82 Å². The summed E-state index contributed by atoms with van der Waals surface area (Å²) in [4.78, 5) is 11.9. The van der Waals surface area contributed by atoms with E-state index < -0.39 is 0 Å². The SMILES string of the molecule is CC(CCc1ccccc1)NC(=O)CCc1cccc(F)c1. The molecule has 0 radical (unpaired) electrons. The van der Waals surface area contributed by atoms with Crippen LogP contribution in [-0.2, 0) is 17.6 Å². The van der Waals surface area contributed by atoms with Gasteiger partial charge in [0.25, 0.3) is 0 Å². The minimum atomic E-state index is -0.255. The molecule has 0 aliphatic heterocycles. The van der Waals surface area contributed by atoms with Gasteiger partial charge in [0.15, 0.2) is 0 Å². The molecule has 0 heterocycles. The molecule has 0 aliphatic carbocycles. The highest BCUT2D eigenvalue weighted by Crippen LogP contribution is 2.07. The molecule has 0 saturated carbocycles. The van der Waals surface area contributed by atoms with Crippen LogP contribution in [-0.4, -0.2) is 11.9 Å². The number of carbonyl (C=O) groups excluding carboxylic acids is 1. The molecule has 0 spiro atoms. The molecular weight excluding hydrogens is 277 g/mol. The number of carbonyl (C=O) groups is 1. The van der Waals surface area contributed by atoms with E-state index in [0.717, 1.165) is 18.4 Å². The summed E-state index contributed by atoms with van der Waals surface area (Å²) in [5, 5.41) is 3.00. The molecule has 1 N–H and O–H groups in total. The predicted octanol–water partition coefficient (Wildman–Crippen LogP) is 3.90. The minimum Gasteiger partial charge on any atom is -0.354 e. The smallest absolute Gasteiger partial charge is 0.220 e. The standard InChI is InChI=1S/C19H22FNO/c1-15(10-11-16-6-3-2-4-7-16)21-19(22)13-12-17-8-5-9-18(20)14-17/h2-9,14-15H,10-13H2,1H3,(H,21,22). The van der Waals surface area contributed by atoms with Crippen molar-refractivity contribution >= 4 is 5.91 Å². The number of benzene rings is 2. The molecule has 0 fully saturated rings. The molecule has 2 aromatic rings. The van der Waals surface area contributed by atoms with Crippen molar-refractivity contribution in [1.29, 1.82) is 0 Å². The quantitative estimate of drug-likeness (QED) is 0.825. The summed E-state index contributed by atoms with van der Waals surface area (Å²) in [5.41, 5.74) is 2.13. The molecule has 1 unspecified atom stereocenters. The van der Waals surface area contributed by atoms with Crippen LogP contribution in [0.2, 0.25) is 0 Å². The van der Waals surface area contributed by atoms with Gasteiger partial charge in [0, 0.05) is 12.5 Å². The third kappa shape index (κ3) is 5.68. The molecule has 0 aliphatic rings. The Morgan fingerprint density at radius 1 is 1.05 bits per heavy atom. The molecule has 2 aromatic carbocycles. The largest absolute Gasteiger partial charge is 0.354 e. The van der Waals surface area contributed by atoms with E-state index in [0.29, 0.717) is 12.8 Å². The molecule has 3 heteroatoms. The zero-order valence-corrected chi connectivity index (χ0v) is 12.9. The van der Waals surface area contributed by atoms with E-state index in [1.165, 1.54) is 17.7 Å². The van der Waals surface area contributed by atoms with Gasteiger partial charge in [-0.15, -0.1) is 0 Å². The topological polar surface area (TPSA) is 29.1 Å². The average molecular weight is 299 g/mol. The summed E-state index contributed by atoms with van der Waals surface area (Å²) in [6.45, 7) is 2.02. The Morgan fingerprint density at radius 2 is 1.77 bits per heavy atom. The molecule has 1 atom stereocenters. The Bertz CT molecular complexity index is 597. The molecule has 0 saturated heterocycles. The molecule has 1 amide bonds. The molecule has 116 valence electrons. The lowest BCUT2D eigenvalue weighted by atomic mass is 10.1. The second-order valence-corrected chi connectivity index (χ2v) is 5.62. The number of amides is 1. The van der Waals surface area contributed by atoms with E-state index in [9.17, 15) is 9.18 Å². The van der Waals surface area contributed by atoms with Gasteiger partial charge < -0.3 is 5.32 Å². The molecule has 0 aromatic heterocycles. The van der Waals surface area contributed by atoms with Crippen molar-refractivity contribution in [3.05, 3.63) is 71.5 Å². The maximum atomic E-state index is 13.1. The van der Waals surface area contributed by atoms with Gasteiger partial charge >= 0.3 is 0 Å². The maximum Gasteiger partial charge on any atom is 0.220 e. The van der Waals surface area contributed by atoms with Crippen LogP contribution < -0.4 is 5.32 Å². The van der Waals surface area contributed by atoms with Crippen LogP contribution in [0.1, 0.15) is 30.9 Å². The van der Waals surface area contributed by atoms with Crippen LogP contribution >= 0.6 is 0 Å². The highest BCUT2D eigenvalue weighted by atomic mass is 19.1. The second kappa shape index (κ2) is 8.32. The Morgan fingerprint density at radius 3 is 2.50 bits per heavy atom. The second-order valence-electron chi connectivity index (χ2n) is 5.62. The van der Waals surface area contributed by atoms with Gasteiger partial charge in [-0.3, -0.25) is 4.79 Å². The van der Waals surface area contributed by atoms with Crippen LogP contribution in [0.3, 0.4) is 0 Å². The summed E-state index contributed by atoms with van der Waals surface area (Å²) in [5.74, 6) is -0.237. The van der Waals surface area contributed by atoms with Gasteiger partial charge in [-0.2, -0.15) is 0 Å². The zero-order chi connectivity index (χ0) is 15.8. The van der Waals surface area contributed by atoms with Crippen molar-refractivity contribution in [2.45, 2.75) is 38.6 Å². The molecule has 22 heavy (non-hydrogen) atoms. The monoisotopic (exact) mass is 299 g/mol. The number of hydrogen-bond donors (Lipinski definition) is 1. The van der Waals surface area contributed by atoms with Crippen molar-refractivity contribution in [2.24, 2.45) is 0 Å². The molecule has 0 bridgehead atoms. The summed E-state index contributed by atoms with van der Waals surface area (Å²) in [6, 6.07) is 16.8. The average Bonchev–Trinajstić information content (AvgIpc) is 2.52. The Kier molecular flexibility index (Phi) is 6.13. The molecule has 2 nitrogen and oxygen atoms in total. The van der Waals surface area contributed by atoms with E-state index in [1.54, 1.807) is 6.07 Å². The first-order valence-electron chi connectivity index (χ1n) is 7.71. The normalized spacial score (nSPS) is 11.9. The summed E-state index contributed by atoms with van der Waals surface area (Å²) < 4.78 is 13.1. The lowest BCUT2D eigenvalue weighted by Crippen LogP contribution is -2.33. The van der Waals surface area contributed by atoms with Crippen LogP contribution in [0.4, 0.5) is 4.39 Å². The summed E-state index contributed by atoms with van der Waals surface area (Å²) in [7, 11) is 0. The number of rotatable bonds is 7. The van der Waals surface area contributed by atoms with Gasteiger partial charge in [-0.1, -0.05) is 42.5 Å². The highest BCUT2D eigenvalue weighted by molar-refractivity contribution is 5.76. The fourth-order valence-corrected chi connectivity index (χ4v) is 2.40. The van der Waals surface area contributed by atoms with E-state index in [-0.39, 0.29) is 17.8 Å². The summed E-state index contributed by atoms with van der Waals surface area (Å²) >= 11 is 0. The van der Waals surface area contributed by atoms with Crippen LogP contribution in [0.15, 0.2) is 54.6 Å². The van der Waals surface area contributed by atoms with Gasteiger partial charge in [-0.25, -0.2) is 4.39 Å². The molecular formula is C19H22FNO.